The average Bonchev–Trinajstić information content (AvgIpc) is 2.73. The SMILES string of the molecule is O=C1CCC(N2C(=O)c3ccc(CO)c(F)c3C2=O)C(=O)N1. The van der Waals surface area contributed by atoms with Gasteiger partial charge in [-0.1, -0.05) is 6.07 Å². The molecule has 2 heterocycles. The summed E-state index contributed by atoms with van der Waals surface area (Å²) in [7, 11) is 0. The zero-order chi connectivity index (χ0) is 16.0. The monoisotopic (exact) mass is 306 g/mol. The highest BCUT2D eigenvalue weighted by molar-refractivity contribution is 6.23. The van der Waals surface area contributed by atoms with Crippen LogP contribution in [0.3, 0.4) is 0 Å². The Balaban J connectivity index is 2.02. The van der Waals surface area contributed by atoms with Gasteiger partial charge in [-0.3, -0.25) is 29.4 Å². The first-order valence-corrected chi connectivity index (χ1v) is 6.59. The number of hydrogen-bond acceptors (Lipinski definition) is 5. The van der Waals surface area contributed by atoms with Gasteiger partial charge in [0.2, 0.25) is 11.8 Å². The van der Waals surface area contributed by atoms with Gasteiger partial charge in [-0.05, 0) is 12.5 Å². The van der Waals surface area contributed by atoms with Gasteiger partial charge in [-0.2, -0.15) is 0 Å². The molecule has 0 aliphatic carbocycles. The Hall–Kier alpha value is -2.61. The summed E-state index contributed by atoms with van der Waals surface area (Å²) in [6.07, 6.45) is -0.00119. The fraction of sp³-hybridized carbons (Fsp3) is 0.286. The van der Waals surface area contributed by atoms with Crippen LogP contribution >= 0.6 is 0 Å². The van der Waals surface area contributed by atoms with Crippen molar-refractivity contribution >= 4 is 23.6 Å². The number of hydrogen-bond donors (Lipinski definition) is 2. The number of piperidine rings is 1. The van der Waals surface area contributed by atoms with Crippen LogP contribution in [-0.4, -0.2) is 39.7 Å². The smallest absolute Gasteiger partial charge is 0.265 e. The van der Waals surface area contributed by atoms with Gasteiger partial charge in [0.1, 0.15) is 11.9 Å². The van der Waals surface area contributed by atoms with Crippen molar-refractivity contribution in [3.8, 4) is 0 Å². The van der Waals surface area contributed by atoms with Crippen LogP contribution in [0.1, 0.15) is 39.1 Å². The number of halogens is 1. The number of rotatable bonds is 2. The normalized spacial score (nSPS) is 21.2. The maximum atomic E-state index is 14.2. The van der Waals surface area contributed by atoms with Gasteiger partial charge in [0, 0.05) is 12.0 Å². The topological polar surface area (TPSA) is 104 Å². The zero-order valence-electron chi connectivity index (χ0n) is 11.3. The summed E-state index contributed by atoms with van der Waals surface area (Å²) in [5.41, 5.74) is -0.698. The van der Waals surface area contributed by atoms with Crippen molar-refractivity contribution in [2.45, 2.75) is 25.5 Å². The van der Waals surface area contributed by atoms with Crippen LogP contribution in [-0.2, 0) is 16.2 Å². The molecule has 2 aliphatic heterocycles. The summed E-state index contributed by atoms with van der Waals surface area (Å²) in [6, 6.07) is 1.32. The number of benzene rings is 1. The van der Waals surface area contributed by atoms with Gasteiger partial charge in [-0.25, -0.2) is 4.39 Å². The van der Waals surface area contributed by atoms with E-state index in [0.29, 0.717) is 4.90 Å². The molecular formula is C14H11FN2O5. The van der Waals surface area contributed by atoms with Gasteiger partial charge >= 0.3 is 0 Å². The fourth-order valence-corrected chi connectivity index (χ4v) is 2.68. The van der Waals surface area contributed by atoms with E-state index in [1.807, 2.05) is 0 Å². The minimum Gasteiger partial charge on any atom is -0.392 e. The molecule has 0 saturated carbocycles. The number of nitrogens with zero attached hydrogens (tertiary/aromatic N) is 1. The quantitative estimate of drug-likeness (QED) is 0.731. The van der Waals surface area contributed by atoms with Crippen molar-refractivity contribution < 1.29 is 28.7 Å². The molecule has 1 unspecified atom stereocenters. The highest BCUT2D eigenvalue weighted by Gasteiger charge is 2.46. The third kappa shape index (κ3) is 1.92. The second-order valence-corrected chi connectivity index (χ2v) is 5.07. The van der Waals surface area contributed by atoms with E-state index in [1.165, 1.54) is 12.1 Å². The summed E-state index contributed by atoms with van der Waals surface area (Å²) in [6.45, 7) is -0.612. The van der Waals surface area contributed by atoms with E-state index in [-0.39, 0.29) is 24.0 Å². The number of amides is 4. The Morgan fingerprint density at radius 3 is 2.59 bits per heavy atom. The van der Waals surface area contributed by atoms with Crippen LogP contribution in [0.4, 0.5) is 4.39 Å². The highest BCUT2D eigenvalue weighted by atomic mass is 19.1. The second-order valence-electron chi connectivity index (χ2n) is 5.07. The van der Waals surface area contributed by atoms with Crippen LogP contribution < -0.4 is 5.32 Å². The lowest BCUT2D eigenvalue weighted by molar-refractivity contribution is -0.136. The molecule has 22 heavy (non-hydrogen) atoms. The maximum absolute atomic E-state index is 14.2. The number of carbonyl (C=O) groups is 4. The Kier molecular flexibility index (Phi) is 3.25. The molecule has 3 rings (SSSR count). The van der Waals surface area contributed by atoms with Crippen LogP contribution in [0.25, 0.3) is 0 Å². The standard InChI is InChI=1S/C14H11FN2O5/c15-11-6(5-18)1-2-7-10(11)14(22)17(13(7)21)8-3-4-9(19)16-12(8)20/h1-2,8,18H,3-5H2,(H,16,19,20). The molecule has 1 aromatic carbocycles. The first-order chi connectivity index (χ1) is 10.5. The third-order valence-corrected chi connectivity index (χ3v) is 3.80. The summed E-state index contributed by atoms with van der Waals surface area (Å²) < 4.78 is 14.2. The number of fused-ring (bicyclic) bond motifs is 1. The minimum atomic E-state index is -1.14. The van der Waals surface area contributed by atoms with Gasteiger partial charge in [0.15, 0.2) is 0 Å². The van der Waals surface area contributed by atoms with Crippen molar-refractivity contribution in [3.05, 3.63) is 34.6 Å². The Bertz CT molecular complexity index is 730. The van der Waals surface area contributed by atoms with E-state index in [4.69, 9.17) is 5.11 Å². The van der Waals surface area contributed by atoms with Crippen LogP contribution in [0.15, 0.2) is 12.1 Å². The molecule has 0 bridgehead atoms. The number of aliphatic hydroxyl groups is 1. The molecular weight excluding hydrogens is 295 g/mol. The third-order valence-electron chi connectivity index (χ3n) is 3.80. The minimum absolute atomic E-state index is 0.00457. The number of nitrogens with one attached hydrogen (secondary N) is 1. The summed E-state index contributed by atoms with van der Waals surface area (Å²) in [5, 5.41) is 11.1. The zero-order valence-corrected chi connectivity index (χ0v) is 11.3. The fourth-order valence-electron chi connectivity index (χ4n) is 2.68. The number of imide groups is 2. The largest absolute Gasteiger partial charge is 0.392 e. The molecule has 4 amide bonds. The lowest BCUT2D eigenvalue weighted by atomic mass is 10.0. The first-order valence-electron chi connectivity index (χ1n) is 6.59. The van der Waals surface area contributed by atoms with E-state index < -0.39 is 47.7 Å². The molecule has 0 spiro atoms. The van der Waals surface area contributed by atoms with Crippen LogP contribution in [0, 0.1) is 5.82 Å². The molecule has 1 aromatic rings. The molecule has 7 nitrogen and oxygen atoms in total. The highest BCUT2D eigenvalue weighted by Crippen LogP contribution is 2.30. The van der Waals surface area contributed by atoms with E-state index in [9.17, 15) is 23.6 Å². The van der Waals surface area contributed by atoms with Crippen molar-refractivity contribution in [2.24, 2.45) is 0 Å². The average molecular weight is 306 g/mol. The Morgan fingerprint density at radius 1 is 1.23 bits per heavy atom. The predicted molar refractivity (Wildman–Crippen MR) is 69.0 cm³/mol. The molecule has 1 fully saturated rings. The Labute approximate surface area is 123 Å². The lowest BCUT2D eigenvalue weighted by Gasteiger charge is -2.27. The van der Waals surface area contributed by atoms with Crippen molar-refractivity contribution in [3.63, 3.8) is 0 Å². The molecule has 1 atom stereocenters. The Morgan fingerprint density at radius 2 is 1.95 bits per heavy atom. The van der Waals surface area contributed by atoms with Crippen LogP contribution in [0.2, 0.25) is 0 Å². The molecule has 2 aliphatic rings. The number of carbonyl (C=O) groups excluding carboxylic acids is 4. The predicted octanol–water partition coefficient (Wildman–Crippen LogP) is -0.281. The van der Waals surface area contributed by atoms with Crippen molar-refractivity contribution in [1.29, 1.82) is 0 Å². The summed E-state index contributed by atoms with van der Waals surface area (Å²) in [5.74, 6) is -3.91. The van der Waals surface area contributed by atoms with Gasteiger partial charge in [0.25, 0.3) is 11.8 Å². The molecule has 8 heteroatoms. The van der Waals surface area contributed by atoms with Crippen molar-refractivity contribution in [1.82, 2.24) is 10.2 Å². The van der Waals surface area contributed by atoms with Crippen molar-refractivity contribution in [2.75, 3.05) is 0 Å². The lowest BCUT2D eigenvalue weighted by Crippen LogP contribution is -2.54. The van der Waals surface area contributed by atoms with E-state index in [0.717, 1.165) is 0 Å². The second kappa shape index (κ2) is 4.99. The molecule has 1 saturated heterocycles. The van der Waals surface area contributed by atoms with Crippen LogP contribution in [0.5, 0.6) is 0 Å². The van der Waals surface area contributed by atoms with Gasteiger partial charge in [0.05, 0.1) is 17.7 Å². The maximum Gasteiger partial charge on any atom is 0.265 e. The van der Waals surface area contributed by atoms with E-state index in [2.05, 4.69) is 5.32 Å². The van der Waals surface area contributed by atoms with E-state index in [1.54, 1.807) is 0 Å². The van der Waals surface area contributed by atoms with E-state index >= 15 is 0 Å². The molecule has 0 radical (unpaired) electrons. The molecule has 0 aromatic heterocycles. The summed E-state index contributed by atoms with van der Waals surface area (Å²) in [4.78, 5) is 48.3. The summed E-state index contributed by atoms with van der Waals surface area (Å²) >= 11 is 0. The van der Waals surface area contributed by atoms with Gasteiger partial charge in [-0.15, -0.1) is 0 Å². The molecule has 114 valence electrons. The molecule has 2 N–H and O–H groups in total. The first kappa shape index (κ1) is 14.3. The number of aliphatic hydroxyl groups excluding tert-OH is 1. The van der Waals surface area contributed by atoms with Gasteiger partial charge < -0.3 is 5.11 Å².